The van der Waals surface area contributed by atoms with Crippen molar-refractivity contribution in [3.05, 3.63) is 23.8 Å². The monoisotopic (exact) mass is 297 g/mol. The van der Waals surface area contributed by atoms with Crippen LogP contribution >= 0.6 is 0 Å². The number of piperidine rings is 1. The van der Waals surface area contributed by atoms with Gasteiger partial charge in [-0.1, -0.05) is 0 Å². The first-order chi connectivity index (χ1) is 9.48. The highest BCUT2D eigenvalue weighted by Crippen LogP contribution is 2.26. The highest BCUT2D eigenvalue weighted by molar-refractivity contribution is 7.89. The van der Waals surface area contributed by atoms with E-state index in [1.54, 1.807) is 25.3 Å². The summed E-state index contributed by atoms with van der Waals surface area (Å²) in [5.74, 6) is 0.655. The number of benzene rings is 1. The topological polar surface area (TPSA) is 63.7 Å². The Labute approximate surface area is 119 Å². The predicted octanol–water partition coefficient (Wildman–Crippen LogP) is 1.60. The van der Waals surface area contributed by atoms with Gasteiger partial charge in [0.25, 0.3) is 0 Å². The zero-order valence-electron chi connectivity index (χ0n) is 11.7. The van der Waals surface area contributed by atoms with Crippen LogP contribution in [-0.2, 0) is 14.8 Å². The van der Waals surface area contributed by atoms with E-state index in [0.717, 1.165) is 11.8 Å². The molecule has 0 amide bonds. The van der Waals surface area contributed by atoms with Crippen LogP contribution in [0.5, 0.6) is 5.75 Å². The second-order valence-corrected chi connectivity index (χ2v) is 6.95. The predicted molar refractivity (Wildman–Crippen MR) is 75.3 cm³/mol. The third-order valence-electron chi connectivity index (χ3n) is 3.70. The van der Waals surface area contributed by atoms with Crippen LogP contribution in [0.4, 0.5) is 0 Å². The summed E-state index contributed by atoms with van der Waals surface area (Å²) in [6.45, 7) is 2.62. The fourth-order valence-electron chi connectivity index (χ4n) is 2.41. The number of rotatable bonds is 4. The quantitative estimate of drug-likeness (QED) is 0.792. The first-order valence-electron chi connectivity index (χ1n) is 6.59. The molecule has 0 radical (unpaired) electrons. The van der Waals surface area contributed by atoms with Gasteiger partial charge in [-0.15, -0.1) is 0 Å². The second kappa shape index (κ2) is 5.93. The van der Waals surface area contributed by atoms with E-state index in [-0.39, 0.29) is 10.8 Å². The van der Waals surface area contributed by atoms with Crippen molar-refractivity contribution >= 4 is 16.3 Å². The van der Waals surface area contributed by atoms with Crippen LogP contribution in [0, 0.1) is 12.8 Å². The molecule has 0 N–H and O–H groups in total. The van der Waals surface area contributed by atoms with Crippen LogP contribution < -0.4 is 4.74 Å². The molecule has 5 nitrogen and oxygen atoms in total. The summed E-state index contributed by atoms with van der Waals surface area (Å²) in [4.78, 5) is 11.0. The Morgan fingerprint density at radius 3 is 2.45 bits per heavy atom. The van der Waals surface area contributed by atoms with Crippen molar-refractivity contribution in [1.82, 2.24) is 4.31 Å². The summed E-state index contributed by atoms with van der Waals surface area (Å²) in [5, 5.41) is 0. The van der Waals surface area contributed by atoms with Crippen LogP contribution in [0.1, 0.15) is 18.4 Å². The number of sulfonamides is 1. The van der Waals surface area contributed by atoms with Gasteiger partial charge in [0.05, 0.1) is 12.0 Å². The van der Waals surface area contributed by atoms with Gasteiger partial charge < -0.3 is 9.53 Å². The Bertz CT molecular complexity index is 589. The van der Waals surface area contributed by atoms with E-state index >= 15 is 0 Å². The minimum Gasteiger partial charge on any atom is -0.496 e. The van der Waals surface area contributed by atoms with E-state index in [4.69, 9.17) is 4.74 Å². The molecule has 1 aromatic carbocycles. The zero-order valence-corrected chi connectivity index (χ0v) is 12.5. The molecule has 1 aliphatic rings. The minimum absolute atomic E-state index is 0.0148. The van der Waals surface area contributed by atoms with Crippen LogP contribution in [-0.4, -0.2) is 39.2 Å². The third kappa shape index (κ3) is 2.86. The van der Waals surface area contributed by atoms with E-state index in [1.165, 1.54) is 4.31 Å². The van der Waals surface area contributed by atoms with E-state index in [9.17, 15) is 13.2 Å². The average molecular weight is 297 g/mol. The highest BCUT2D eigenvalue weighted by atomic mass is 32.2. The first kappa shape index (κ1) is 15.0. The molecule has 0 spiro atoms. The van der Waals surface area contributed by atoms with Gasteiger partial charge in [0.2, 0.25) is 10.0 Å². The fourth-order valence-corrected chi connectivity index (χ4v) is 3.97. The molecule has 0 aromatic heterocycles. The van der Waals surface area contributed by atoms with Crippen molar-refractivity contribution in [3.8, 4) is 5.75 Å². The molecule has 0 unspecified atom stereocenters. The Morgan fingerprint density at radius 2 is 1.95 bits per heavy atom. The maximum Gasteiger partial charge on any atom is 0.243 e. The molecule has 1 aromatic rings. The zero-order chi connectivity index (χ0) is 14.8. The molecule has 1 heterocycles. The van der Waals surface area contributed by atoms with Crippen LogP contribution in [0.2, 0.25) is 0 Å². The van der Waals surface area contributed by atoms with Crippen molar-refractivity contribution in [2.45, 2.75) is 24.7 Å². The van der Waals surface area contributed by atoms with Gasteiger partial charge in [0.1, 0.15) is 12.0 Å². The van der Waals surface area contributed by atoms with Crippen molar-refractivity contribution in [2.24, 2.45) is 5.92 Å². The summed E-state index contributed by atoms with van der Waals surface area (Å²) in [6, 6.07) is 4.85. The van der Waals surface area contributed by atoms with Gasteiger partial charge >= 0.3 is 0 Å². The Hall–Kier alpha value is -1.40. The number of hydrogen-bond acceptors (Lipinski definition) is 4. The van der Waals surface area contributed by atoms with E-state index in [2.05, 4.69) is 0 Å². The van der Waals surface area contributed by atoms with E-state index < -0.39 is 10.0 Å². The fraction of sp³-hybridized carbons (Fsp3) is 0.500. The minimum atomic E-state index is -3.48. The van der Waals surface area contributed by atoms with Gasteiger partial charge in [0.15, 0.2) is 0 Å². The Kier molecular flexibility index (Phi) is 4.45. The molecule has 6 heteroatoms. The lowest BCUT2D eigenvalue weighted by Gasteiger charge is -2.28. The number of ether oxygens (including phenoxy) is 1. The lowest BCUT2D eigenvalue weighted by molar-refractivity contribution is -0.112. The molecule has 110 valence electrons. The van der Waals surface area contributed by atoms with Crippen LogP contribution in [0.25, 0.3) is 0 Å². The average Bonchev–Trinajstić information content (AvgIpc) is 2.47. The molecule has 1 fully saturated rings. The molecule has 0 atom stereocenters. The standard InChI is InChI=1S/C14H19NO4S/c1-11-9-13(3-4-14(11)19-2)20(17,18)15-7-5-12(10-16)6-8-15/h3-4,9-10,12H,5-8H2,1-2H3. The maximum absolute atomic E-state index is 12.5. The van der Waals surface area contributed by atoms with Crippen LogP contribution in [0.15, 0.2) is 23.1 Å². The van der Waals surface area contributed by atoms with Gasteiger partial charge in [-0.05, 0) is 43.5 Å². The summed E-state index contributed by atoms with van der Waals surface area (Å²) in [6.07, 6.45) is 2.11. The van der Waals surface area contributed by atoms with Crippen molar-refractivity contribution in [3.63, 3.8) is 0 Å². The smallest absolute Gasteiger partial charge is 0.243 e. The largest absolute Gasteiger partial charge is 0.496 e. The lowest BCUT2D eigenvalue weighted by atomic mass is 10.0. The number of aldehydes is 1. The third-order valence-corrected chi connectivity index (χ3v) is 5.59. The molecule has 0 aliphatic carbocycles. The number of carbonyl (C=O) groups excluding carboxylic acids is 1. The summed E-state index contributed by atoms with van der Waals surface area (Å²) in [7, 11) is -1.92. The lowest BCUT2D eigenvalue weighted by Crippen LogP contribution is -2.38. The number of nitrogens with zero attached hydrogens (tertiary/aromatic N) is 1. The molecular formula is C14H19NO4S. The summed E-state index contributed by atoms with van der Waals surface area (Å²) < 4.78 is 31.7. The first-order valence-corrected chi connectivity index (χ1v) is 8.03. The number of methoxy groups -OCH3 is 1. The molecule has 0 bridgehead atoms. The highest BCUT2D eigenvalue weighted by Gasteiger charge is 2.29. The second-order valence-electron chi connectivity index (χ2n) is 5.01. The van der Waals surface area contributed by atoms with Gasteiger partial charge in [-0.25, -0.2) is 8.42 Å². The van der Waals surface area contributed by atoms with Crippen LogP contribution in [0.3, 0.4) is 0 Å². The van der Waals surface area contributed by atoms with Gasteiger partial charge in [-0.2, -0.15) is 4.31 Å². The SMILES string of the molecule is COc1ccc(S(=O)(=O)N2CCC(C=O)CC2)cc1C. The number of carbonyl (C=O) groups is 1. The number of aryl methyl sites for hydroxylation is 1. The molecular weight excluding hydrogens is 278 g/mol. The normalized spacial score (nSPS) is 17.9. The molecule has 2 rings (SSSR count). The van der Waals surface area contributed by atoms with E-state index in [0.29, 0.717) is 31.7 Å². The molecule has 0 saturated carbocycles. The number of hydrogen-bond donors (Lipinski definition) is 0. The van der Waals surface area contributed by atoms with Gasteiger partial charge in [0, 0.05) is 19.0 Å². The Balaban J connectivity index is 2.22. The summed E-state index contributed by atoms with van der Waals surface area (Å²) >= 11 is 0. The van der Waals surface area contributed by atoms with Gasteiger partial charge in [-0.3, -0.25) is 0 Å². The summed E-state index contributed by atoms with van der Waals surface area (Å²) in [5.41, 5.74) is 0.788. The van der Waals surface area contributed by atoms with Crippen molar-refractivity contribution < 1.29 is 17.9 Å². The molecule has 1 aliphatic heterocycles. The Morgan fingerprint density at radius 1 is 1.30 bits per heavy atom. The maximum atomic E-state index is 12.5. The van der Waals surface area contributed by atoms with Crippen molar-refractivity contribution in [1.29, 1.82) is 0 Å². The molecule has 1 saturated heterocycles. The molecule has 20 heavy (non-hydrogen) atoms. The van der Waals surface area contributed by atoms with E-state index in [1.807, 2.05) is 6.92 Å². The van der Waals surface area contributed by atoms with Crippen molar-refractivity contribution in [2.75, 3.05) is 20.2 Å².